The molecule has 0 saturated heterocycles. The van der Waals surface area contributed by atoms with E-state index in [4.69, 9.17) is 15.2 Å². The molecular weight excluding hydrogens is 416 g/mol. The predicted octanol–water partition coefficient (Wildman–Crippen LogP) is 4.08. The third kappa shape index (κ3) is 9.29. The van der Waals surface area contributed by atoms with Gasteiger partial charge in [0.05, 0.1) is 23.8 Å². The third-order valence-corrected chi connectivity index (χ3v) is 5.09. The summed E-state index contributed by atoms with van der Waals surface area (Å²) in [6, 6.07) is 7.27. The molecule has 0 fully saturated rings. The first-order valence-electron chi connectivity index (χ1n) is 10.4. The lowest BCUT2D eigenvalue weighted by Gasteiger charge is -2.12. The smallest absolute Gasteiger partial charge is 0.345 e. The van der Waals surface area contributed by atoms with Crippen molar-refractivity contribution in [1.82, 2.24) is 0 Å². The molecule has 0 heterocycles. The maximum atomic E-state index is 13.0. The fourth-order valence-electron chi connectivity index (χ4n) is 2.54. The summed E-state index contributed by atoms with van der Waals surface area (Å²) in [5, 5.41) is 2.99. The second-order valence-corrected chi connectivity index (χ2v) is 7.79. The Morgan fingerprint density at radius 1 is 1.06 bits per heavy atom. The van der Waals surface area contributed by atoms with Crippen molar-refractivity contribution in [1.29, 1.82) is 0 Å². The van der Waals surface area contributed by atoms with Crippen molar-refractivity contribution in [3.8, 4) is 0 Å². The van der Waals surface area contributed by atoms with Crippen LogP contribution in [0.5, 0.6) is 0 Å². The highest BCUT2D eigenvalue weighted by molar-refractivity contribution is 8.03. The molecule has 8 heteroatoms. The molecule has 0 aliphatic heterocycles. The Bertz CT molecular complexity index is 813. The molecule has 1 aromatic rings. The lowest BCUT2D eigenvalue weighted by Crippen LogP contribution is -2.22. The van der Waals surface area contributed by atoms with Gasteiger partial charge in [-0.15, -0.1) is 11.8 Å². The van der Waals surface area contributed by atoms with Gasteiger partial charge >= 0.3 is 11.9 Å². The highest BCUT2D eigenvalue weighted by Crippen LogP contribution is 2.22. The highest BCUT2D eigenvalue weighted by Gasteiger charge is 2.24. The summed E-state index contributed by atoms with van der Waals surface area (Å²) in [5.74, 6) is -1.56. The number of aryl methyl sites for hydroxylation is 1. The van der Waals surface area contributed by atoms with Gasteiger partial charge in [-0.2, -0.15) is 0 Å². The van der Waals surface area contributed by atoms with Gasteiger partial charge < -0.3 is 20.5 Å². The van der Waals surface area contributed by atoms with E-state index >= 15 is 0 Å². The van der Waals surface area contributed by atoms with Crippen LogP contribution in [0.1, 0.15) is 45.6 Å². The minimum Gasteiger partial charge on any atom is -0.462 e. The van der Waals surface area contributed by atoms with Crippen LogP contribution in [-0.4, -0.2) is 36.8 Å². The third-order valence-electron chi connectivity index (χ3n) is 4.07. The van der Waals surface area contributed by atoms with Gasteiger partial charge in [0.25, 0.3) is 5.91 Å². The molecule has 170 valence electrons. The zero-order chi connectivity index (χ0) is 23.2. The van der Waals surface area contributed by atoms with Crippen LogP contribution < -0.4 is 11.1 Å². The molecule has 0 spiro atoms. The summed E-state index contributed by atoms with van der Waals surface area (Å²) in [5.41, 5.74) is 7.40. The molecule has 3 N–H and O–H groups in total. The number of nitrogens with two attached hydrogens (primary N) is 1. The van der Waals surface area contributed by atoms with Crippen LogP contribution in [0, 0.1) is 6.92 Å². The molecule has 0 radical (unpaired) electrons. The van der Waals surface area contributed by atoms with Crippen molar-refractivity contribution < 1.29 is 23.9 Å². The number of ether oxygens (including phenoxy) is 2. The molecular formula is C23H32N2O5S. The first kappa shape index (κ1) is 26.3. The number of hydrogen-bond donors (Lipinski definition) is 2. The number of unbranched alkanes of at least 4 members (excludes halogenated alkanes) is 2. The van der Waals surface area contributed by atoms with Crippen LogP contribution >= 0.6 is 11.8 Å². The average Bonchev–Trinajstić information content (AvgIpc) is 2.72. The molecule has 0 saturated carbocycles. The second-order valence-electron chi connectivity index (χ2n) is 6.66. The van der Waals surface area contributed by atoms with Crippen molar-refractivity contribution in [3.05, 3.63) is 52.1 Å². The summed E-state index contributed by atoms with van der Waals surface area (Å²) in [6.07, 6.45) is 4.18. The first-order valence-corrected chi connectivity index (χ1v) is 11.4. The monoisotopic (exact) mass is 448 g/mol. The zero-order valence-corrected chi connectivity index (χ0v) is 19.5. The number of thioether (sulfide) groups is 1. The maximum Gasteiger partial charge on any atom is 0.345 e. The minimum absolute atomic E-state index is 0.0131. The lowest BCUT2D eigenvalue weighted by molar-refractivity contribution is -0.146. The Morgan fingerprint density at radius 3 is 2.26 bits per heavy atom. The lowest BCUT2D eigenvalue weighted by atomic mass is 10.1. The standard InChI is InChI=1S/C23H32N2O5S/c1-5-8-9-13-31-20(24)18(21(26)25-17-12-10-11-16(4)14-17)15-19(22(27)29-6-2)23(28)30-7-3/h10-12,14-15H,5-9,13,24H2,1-4H3,(H,25,26)/b20-18-. The number of carbonyl (C=O) groups excluding carboxylic acids is 3. The molecule has 0 atom stereocenters. The van der Waals surface area contributed by atoms with E-state index < -0.39 is 17.8 Å². The van der Waals surface area contributed by atoms with Gasteiger partial charge in [0.2, 0.25) is 0 Å². The first-order chi connectivity index (χ1) is 14.8. The zero-order valence-electron chi connectivity index (χ0n) is 18.7. The van der Waals surface area contributed by atoms with E-state index in [1.54, 1.807) is 26.0 Å². The molecule has 0 aliphatic rings. The van der Waals surface area contributed by atoms with E-state index in [-0.39, 0.29) is 29.4 Å². The molecule has 1 rings (SSSR count). The van der Waals surface area contributed by atoms with E-state index in [9.17, 15) is 14.4 Å². The number of benzene rings is 1. The molecule has 31 heavy (non-hydrogen) atoms. The molecule has 0 bridgehead atoms. The van der Waals surface area contributed by atoms with Gasteiger partial charge in [0.15, 0.2) is 0 Å². The van der Waals surface area contributed by atoms with Crippen molar-refractivity contribution in [2.75, 3.05) is 24.3 Å². The van der Waals surface area contributed by atoms with Crippen LogP contribution in [0.4, 0.5) is 5.69 Å². The van der Waals surface area contributed by atoms with Crippen molar-refractivity contribution in [3.63, 3.8) is 0 Å². The van der Waals surface area contributed by atoms with E-state index in [1.165, 1.54) is 11.8 Å². The number of amides is 1. The largest absolute Gasteiger partial charge is 0.462 e. The Kier molecular flexibility index (Phi) is 12.1. The second kappa shape index (κ2) is 14.3. The van der Waals surface area contributed by atoms with Gasteiger partial charge in [0, 0.05) is 5.69 Å². The van der Waals surface area contributed by atoms with E-state index in [0.717, 1.165) is 30.9 Å². The summed E-state index contributed by atoms with van der Waals surface area (Å²) >= 11 is 1.31. The van der Waals surface area contributed by atoms with Crippen LogP contribution in [0.25, 0.3) is 0 Å². The van der Waals surface area contributed by atoms with E-state index in [1.807, 2.05) is 19.1 Å². The molecule has 1 amide bonds. The Balaban J connectivity index is 3.33. The summed E-state index contributed by atoms with van der Waals surface area (Å²) in [7, 11) is 0. The number of rotatable bonds is 12. The van der Waals surface area contributed by atoms with Gasteiger partial charge in [-0.3, -0.25) is 4.79 Å². The molecule has 1 aromatic carbocycles. The van der Waals surface area contributed by atoms with Gasteiger partial charge in [0.1, 0.15) is 5.57 Å². The number of carbonyl (C=O) groups is 3. The average molecular weight is 449 g/mol. The number of esters is 2. The number of nitrogens with one attached hydrogen (secondary N) is 1. The molecule has 0 aliphatic carbocycles. The predicted molar refractivity (Wildman–Crippen MR) is 124 cm³/mol. The van der Waals surface area contributed by atoms with E-state index in [0.29, 0.717) is 11.4 Å². The normalized spacial score (nSPS) is 11.2. The summed E-state index contributed by atoms with van der Waals surface area (Å²) in [4.78, 5) is 37.7. The highest BCUT2D eigenvalue weighted by atomic mass is 32.2. The minimum atomic E-state index is -0.870. The van der Waals surface area contributed by atoms with Crippen LogP contribution in [-0.2, 0) is 23.9 Å². The van der Waals surface area contributed by atoms with E-state index in [2.05, 4.69) is 12.2 Å². The Morgan fingerprint density at radius 2 is 1.71 bits per heavy atom. The van der Waals surface area contributed by atoms with Gasteiger partial charge in [-0.25, -0.2) is 9.59 Å². The molecule has 0 unspecified atom stereocenters. The quantitative estimate of drug-likeness (QED) is 0.124. The van der Waals surface area contributed by atoms with Gasteiger partial charge in [-0.1, -0.05) is 31.9 Å². The Labute approximate surface area is 188 Å². The summed E-state index contributed by atoms with van der Waals surface area (Å²) < 4.78 is 9.94. The summed E-state index contributed by atoms with van der Waals surface area (Å²) in [6.45, 7) is 7.40. The van der Waals surface area contributed by atoms with Crippen LogP contribution in [0.2, 0.25) is 0 Å². The van der Waals surface area contributed by atoms with Crippen molar-refractivity contribution in [2.45, 2.75) is 47.0 Å². The van der Waals surface area contributed by atoms with Crippen LogP contribution in [0.3, 0.4) is 0 Å². The van der Waals surface area contributed by atoms with Gasteiger partial charge in [-0.05, 0) is 56.7 Å². The van der Waals surface area contributed by atoms with Crippen LogP contribution in [0.15, 0.2) is 46.5 Å². The topological polar surface area (TPSA) is 108 Å². The maximum absolute atomic E-state index is 13.0. The van der Waals surface area contributed by atoms with Crippen molar-refractivity contribution in [2.24, 2.45) is 5.73 Å². The molecule has 0 aromatic heterocycles. The van der Waals surface area contributed by atoms with Crippen molar-refractivity contribution >= 4 is 35.3 Å². The SMILES string of the molecule is CCCCCS/C(N)=C(/C=C(C(=O)OCC)C(=O)OCC)C(=O)Nc1cccc(C)c1. The number of anilines is 1. The fourth-order valence-corrected chi connectivity index (χ4v) is 3.42. The Hall–Kier alpha value is -2.74. The molecule has 7 nitrogen and oxygen atoms in total. The number of hydrogen-bond acceptors (Lipinski definition) is 7. The fraction of sp³-hybridized carbons (Fsp3) is 0.435.